The van der Waals surface area contributed by atoms with E-state index in [1.54, 1.807) is 0 Å². The maximum absolute atomic E-state index is 8.72. The average molecular weight is 325 g/mol. The Labute approximate surface area is 140 Å². The molecule has 2 N–H and O–H groups in total. The number of nitrogens with zero attached hydrogens (tertiary/aromatic N) is 5. The first kappa shape index (κ1) is 16.1. The fourth-order valence-electron chi connectivity index (χ4n) is 2.54. The van der Waals surface area contributed by atoms with E-state index in [0.717, 1.165) is 50.8 Å². The SMILES string of the molecule is N#Cc1cnc(Nc2cc(NCCC3CCOCC3)ncn2)cn1. The first-order chi connectivity index (χ1) is 11.8. The topological polar surface area (TPSA) is 109 Å². The highest BCUT2D eigenvalue weighted by molar-refractivity contribution is 5.54. The summed E-state index contributed by atoms with van der Waals surface area (Å²) in [5.74, 6) is 2.64. The second-order valence-corrected chi connectivity index (χ2v) is 5.58. The lowest BCUT2D eigenvalue weighted by molar-refractivity contribution is 0.0649. The fraction of sp³-hybridized carbons (Fsp3) is 0.438. The molecule has 1 aliphatic heterocycles. The highest BCUT2D eigenvalue weighted by Gasteiger charge is 2.13. The fourth-order valence-corrected chi connectivity index (χ4v) is 2.54. The van der Waals surface area contributed by atoms with Gasteiger partial charge in [-0.3, -0.25) is 0 Å². The van der Waals surface area contributed by atoms with Gasteiger partial charge in [0.1, 0.15) is 29.9 Å². The molecule has 2 aromatic heterocycles. The van der Waals surface area contributed by atoms with E-state index in [9.17, 15) is 0 Å². The van der Waals surface area contributed by atoms with Gasteiger partial charge in [0.15, 0.2) is 5.69 Å². The Kier molecular flexibility index (Phi) is 5.48. The molecule has 0 radical (unpaired) electrons. The Hall–Kier alpha value is -2.79. The minimum absolute atomic E-state index is 0.277. The Balaban J connectivity index is 1.52. The van der Waals surface area contributed by atoms with Crippen molar-refractivity contribution >= 4 is 17.5 Å². The zero-order chi connectivity index (χ0) is 16.6. The number of rotatable bonds is 6. The van der Waals surface area contributed by atoms with Gasteiger partial charge in [0.05, 0.1) is 12.4 Å². The summed E-state index contributed by atoms with van der Waals surface area (Å²) in [4.78, 5) is 16.5. The summed E-state index contributed by atoms with van der Waals surface area (Å²) < 4.78 is 5.37. The number of hydrogen-bond acceptors (Lipinski definition) is 8. The molecule has 0 bridgehead atoms. The number of anilines is 3. The van der Waals surface area contributed by atoms with E-state index in [4.69, 9.17) is 10.00 Å². The monoisotopic (exact) mass is 325 g/mol. The summed E-state index contributed by atoms with van der Waals surface area (Å²) in [6.45, 7) is 2.62. The smallest absolute Gasteiger partial charge is 0.158 e. The van der Waals surface area contributed by atoms with Crippen LogP contribution >= 0.6 is 0 Å². The van der Waals surface area contributed by atoms with Crippen LogP contribution in [0, 0.1) is 17.2 Å². The van der Waals surface area contributed by atoms with Crippen molar-refractivity contribution in [3.05, 3.63) is 30.5 Å². The third-order valence-electron chi connectivity index (χ3n) is 3.89. The van der Waals surface area contributed by atoms with Gasteiger partial charge in [-0.2, -0.15) is 5.26 Å². The zero-order valence-electron chi connectivity index (χ0n) is 13.3. The first-order valence-electron chi connectivity index (χ1n) is 7.96. The Morgan fingerprint density at radius 2 is 1.92 bits per heavy atom. The third kappa shape index (κ3) is 4.60. The Morgan fingerprint density at radius 1 is 1.08 bits per heavy atom. The molecule has 1 saturated heterocycles. The lowest BCUT2D eigenvalue weighted by Crippen LogP contribution is -2.18. The molecule has 0 aromatic carbocycles. The van der Waals surface area contributed by atoms with Gasteiger partial charge < -0.3 is 15.4 Å². The van der Waals surface area contributed by atoms with E-state index in [1.807, 2.05) is 12.1 Å². The van der Waals surface area contributed by atoms with Crippen molar-refractivity contribution in [3.63, 3.8) is 0 Å². The molecular weight excluding hydrogens is 306 g/mol. The van der Waals surface area contributed by atoms with Crippen LogP contribution in [0.3, 0.4) is 0 Å². The molecule has 0 aliphatic carbocycles. The van der Waals surface area contributed by atoms with Gasteiger partial charge in [0, 0.05) is 25.8 Å². The highest BCUT2D eigenvalue weighted by Crippen LogP contribution is 2.19. The first-order valence-corrected chi connectivity index (χ1v) is 7.96. The second kappa shape index (κ2) is 8.17. The summed E-state index contributed by atoms with van der Waals surface area (Å²) in [5.41, 5.74) is 0.277. The summed E-state index contributed by atoms with van der Waals surface area (Å²) in [7, 11) is 0. The van der Waals surface area contributed by atoms with Crippen molar-refractivity contribution in [2.24, 2.45) is 5.92 Å². The van der Waals surface area contributed by atoms with E-state index in [1.165, 1.54) is 18.7 Å². The van der Waals surface area contributed by atoms with Gasteiger partial charge in [-0.25, -0.2) is 19.9 Å². The van der Waals surface area contributed by atoms with Crippen molar-refractivity contribution in [1.82, 2.24) is 19.9 Å². The number of hydrogen-bond donors (Lipinski definition) is 2. The lowest BCUT2D eigenvalue weighted by atomic mass is 9.97. The van der Waals surface area contributed by atoms with Crippen molar-refractivity contribution in [2.75, 3.05) is 30.4 Å². The summed E-state index contributed by atoms with van der Waals surface area (Å²) in [5, 5.41) is 15.1. The quantitative estimate of drug-likeness (QED) is 0.831. The zero-order valence-corrected chi connectivity index (χ0v) is 13.3. The molecule has 3 rings (SSSR count). The molecule has 0 amide bonds. The van der Waals surface area contributed by atoms with Crippen LogP contribution in [0.15, 0.2) is 24.8 Å². The van der Waals surface area contributed by atoms with E-state index in [0.29, 0.717) is 11.6 Å². The van der Waals surface area contributed by atoms with Gasteiger partial charge in [0.2, 0.25) is 0 Å². The van der Waals surface area contributed by atoms with Crippen molar-refractivity contribution in [3.8, 4) is 6.07 Å². The molecule has 1 aliphatic rings. The molecule has 8 nitrogen and oxygen atoms in total. The standard InChI is InChI=1S/C16H19N7O/c17-8-13-9-20-16(10-19-13)23-15-7-14(21-11-22-15)18-4-1-12-2-5-24-6-3-12/h7,9-12H,1-6H2,(H2,18,20,21,22,23). The number of nitriles is 1. The maximum atomic E-state index is 8.72. The van der Waals surface area contributed by atoms with Gasteiger partial charge in [-0.1, -0.05) is 0 Å². The second-order valence-electron chi connectivity index (χ2n) is 5.58. The largest absolute Gasteiger partial charge is 0.381 e. The van der Waals surface area contributed by atoms with Crippen LogP contribution in [-0.2, 0) is 4.74 Å². The molecular formula is C16H19N7O. The van der Waals surface area contributed by atoms with Crippen LogP contribution in [-0.4, -0.2) is 39.7 Å². The van der Waals surface area contributed by atoms with Crippen LogP contribution in [0.1, 0.15) is 25.0 Å². The van der Waals surface area contributed by atoms with Crippen molar-refractivity contribution in [2.45, 2.75) is 19.3 Å². The average Bonchev–Trinajstić information content (AvgIpc) is 2.64. The minimum Gasteiger partial charge on any atom is -0.381 e. The number of ether oxygens (including phenoxy) is 1. The predicted octanol–water partition coefficient (Wildman–Crippen LogP) is 2.11. The molecule has 8 heteroatoms. The number of nitrogens with one attached hydrogen (secondary N) is 2. The van der Waals surface area contributed by atoms with Crippen LogP contribution < -0.4 is 10.6 Å². The Morgan fingerprint density at radius 3 is 2.67 bits per heavy atom. The van der Waals surface area contributed by atoms with E-state index in [2.05, 4.69) is 30.6 Å². The van der Waals surface area contributed by atoms with Gasteiger partial charge in [-0.05, 0) is 25.2 Å². The lowest BCUT2D eigenvalue weighted by Gasteiger charge is -2.21. The molecule has 0 spiro atoms. The van der Waals surface area contributed by atoms with Crippen LogP contribution in [0.5, 0.6) is 0 Å². The van der Waals surface area contributed by atoms with E-state index >= 15 is 0 Å². The van der Waals surface area contributed by atoms with Crippen molar-refractivity contribution in [1.29, 1.82) is 5.26 Å². The molecule has 0 saturated carbocycles. The van der Waals surface area contributed by atoms with Crippen LogP contribution in [0.2, 0.25) is 0 Å². The summed E-state index contributed by atoms with van der Waals surface area (Å²) >= 11 is 0. The van der Waals surface area contributed by atoms with Crippen molar-refractivity contribution < 1.29 is 4.74 Å². The molecule has 0 unspecified atom stereocenters. The number of aromatic nitrogens is 4. The molecule has 1 fully saturated rings. The van der Waals surface area contributed by atoms with Crippen LogP contribution in [0.25, 0.3) is 0 Å². The van der Waals surface area contributed by atoms with Gasteiger partial charge in [0.25, 0.3) is 0 Å². The van der Waals surface area contributed by atoms with E-state index < -0.39 is 0 Å². The van der Waals surface area contributed by atoms with Gasteiger partial charge >= 0.3 is 0 Å². The molecule has 2 aromatic rings. The minimum atomic E-state index is 0.277. The van der Waals surface area contributed by atoms with Gasteiger partial charge in [-0.15, -0.1) is 0 Å². The third-order valence-corrected chi connectivity index (χ3v) is 3.89. The maximum Gasteiger partial charge on any atom is 0.158 e. The predicted molar refractivity (Wildman–Crippen MR) is 88.7 cm³/mol. The normalized spacial score (nSPS) is 14.8. The highest BCUT2D eigenvalue weighted by atomic mass is 16.5. The van der Waals surface area contributed by atoms with E-state index in [-0.39, 0.29) is 5.69 Å². The van der Waals surface area contributed by atoms with Crippen LogP contribution in [0.4, 0.5) is 17.5 Å². The molecule has 3 heterocycles. The molecule has 124 valence electrons. The molecule has 24 heavy (non-hydrogen) atoms. The molecule has 0 atom stereocenters. The Bertz CT molecular complexity index is 692. The summed E-state index contributed by atoms with van der Waals surface area (Å²) in [6.07, 6.45) is 7.79. The summed E-state index contributed by atoms with van der Waals surface area (Å²) in [6, 6.07) is 3.76.